The van der Waals surface area contributed by atoms with Crippen LogP contribution in [0.3, 0.4) is 0 Å². The highest BCUT2D eigenvalue weighted by Crippen LogP contribution is 2.28. The second-order valence-electron chi connectivity index (χ2n) is 5.02. The first-order chi connectivity index (χ1) is 8.70. The van der Waals surface area contributed by atoms with Gasteiger partial charge >= 0.3 is 0 Å². The molecule has 1 heterocycles. The largest absolute Gasteiger partial charge is 0.382 e. The van der Waals surface area contributed by atoms with Crippen molar-refractivity contribution >= 4 is 5.84 Å². The lowest BCUT2D eigenvalue weighted by atomic mass is 10.2. The molecular formula is C14H22N4. The minimum absolute atomic E-state index is 0.0448. The molecule has 0 radical (unpaired) electrons. The highest BCUT2D eigenvalue weighted by molar-refractivity contribution is 5.93. The zero-order chi connectivity index (χ0) is 13.0. The quantitative estimate of drug-likeness (QED) is 0.572. The first-order valence-electron chi connectivity index (χ1n) is 6.74. The average Bonchev–Trinajstić information content (AvgIpc) is 3.19. The first-order valence-corrected chi connectivity index (χ1v) is 6.74. The number of unbranched alkanes of at least 4 members (excludes halogenated alkanes) is 1. The van der Waals surface area contributed by atoms with E-state index in [1.54, 1.807) is 6.20 Å². The number of nitrogens with zero attached hydrogens (tertiary/aromatic N) is 2. The second-order valence-corrected chi connectivity index (χ2v) is 5.02. The molecule has 4 heteroatoms. The molecule has 1 fully saturated rings. The Hall–Kier alpha value is -1.42. The van der Waals surface area contributed by atoms with Crippen LogP contribution in [-0.2, 0) is 6.54 Å². The Morgan fingerprint density at radius 2 is 2.33 bits per heavy atom. The van der Waals surface area contributed by atoms with E-state index < -0.39 is 0 Å². The molecule has 18 heavy (non-hydrogen) atoms. The fourth-order valence-corrected chi connectivity index (χ4v) is 2.15. The molecule has 0 spiro atoms. The Kier molecular flexibility index (Phi) is 4.31. The van der Waals surface area contributed by atoms with Crippen molar-refractivity contribution in [2.45, 2.75) is 45.2 Å². The van der Waals surface area contributed by atoms with E-state index in [2.05, 4.69) is 16.8 Å². The third-order valence-electron chi connectivity index (χ3n) is 3.35. The van der Waals surface area contributed by atoms with Gasteiger partial charge in [-0.05, 0) is 43.5 Å². The summed E-state index contributed by atoms with van der Waals surface area (Å²) >= 11 is 0. The maximum atomic E-state index is 7.42. The zero-order valence-electron chi connectivity index (χ0n) is 11.0. The van der Waals surface area contributed by atoms with E-state index in [0.29, 0.717) is 5.69 Å². The smallest absolute Gasteiger partial charge is 0.141 e. The molecule has 4 nitrogen and oxygen atoms in total. The average molecular weight is 246 g/mol. The van der Waals surface area contributed by atoms with Crippen LogP contribution in [0, 0.1) is 5.41 Å². The summed E-state index contributed by atoms with van der Waals surface area (Å²) in [4.78, 5) is 6.65. The van der Waals surface area contributed by atoms with Crippen LogP contribution in [0.25, 0.3) is 0 Å². The molecule has 0 aromatic carbocycles. The molecule has 2 rings (SSSR count). The summed E-state index contributed by atoms with van der Waals surface area (Å²) in [6, 6.07) is 4.72. The topological polar surface area (TPSA) is 66.0 Å². The van der Waals surface area contributed by atoms with Gasteiger partial charge in [-0.25, -0.2) is 0 Å². The number of hydrogen-bond acceptors (Lipinski definition) is 3. The van der Waals surface area contributed by atoms with Crippen LogP contribution in [0.5, 0.6) is 0 Å². The van der Waals surface area contributed by atoms with Crippen molar-refractivity contribution in [3.05, 3.63) is 29.6 Å². The first kappa shape index (κ1) is 13.0. The van der Waals surface area contributed by atoms with E-state index in [0.717, 1.165) is 12.6 Å². The van der Waals surface area contributed by atoms with Gasteiger partial charge in [0.25, 0.3) is 0 Å². The molecule has 0 bridgehead atoms. The van der Waals surface area contributed by atoms with Crippen LogP contribution in [0.15, 0.2) is 18.3 Å². The Balaban J connectivity index is 2.01. The number of nitrogens with two attached hydrogens (primary N) is 1. The number of nitrogen functional groups attached to an aromatic ring is 1. The summed E-state index contributed by atoms with van der Waals surface area (Å²) in [7, 11) is 0. The summed E-state index contributed by atoms with van der Waals surface area (Å²) in [5.74, 6) is 0.0448. The lowest BCUT2D eigenvalue weighted by Crippen LogP contribution is -2.27. The Bertz CT molecular complexity index is 412. The third kappa shape index (κ3) is 3.53. The fraction of sp³-hybridized carbons (Fsp3) is 0.571. The molecule has 0 unspecified atom stereocenters. The van der Waals surface area contributed by atoms with E-state index in [9.17, 15) is 0 Å². The minimum atomic E-state index is 0.0448. The number of rotatable bonds is 7. The van der Waals surface area contributed by atoms with Crippen molar-refractivity contribution in [2.75, 3.05) is 6.54 Å². The van der Waals surface area contributed by atoms with E-state index in [1.807, 2.05) is 12.1 Å². The number of amidine groups is 1. The summed E-state index contributed by atoms with van der Waals surface area (Å²) in [6.45, 7) is 4.34. The van der Waals surface area contributed by atoms with Crippen LogP contribution in [-0.4, -0.2) is 28.3 Å². The molecule has 3 N–H and O–H groups in total. The molecule has 0 aliphatic heterocycles. The van der Waals surface area contributed by atoms with Gasteiger partial charge in [0.2, 0.25) is 0 Å². The lowest BCUT2D eigenvalue weighted by molar-refractivity contribution is 0.250. The highest BCUT2D eigenvalue weighted by Gasteiger charge is 2.28. The standard InChI is InChI=1S/C14H22N4/c1-2-3-8-18(12-4-5-12)10-11-6-7-17-13(9-11)14(15)16/h6-7,9,12H,2-5,8,10H2,1H3,(H3,15,16). The Morgan fingerprint density at radius 3 is 2.94 bits per heavy atom. The predicted molar refractivity (Wildman–Crippen MR) is 73.6 cm³/mol. The Morgan fingerprint density at radius 1 is 1.56 bits per heavy atom. The van der Waals surface area contributed by atoms with Crippen molar-refractivity contribution in [3.63, 3.8) is 0 Å². The number of hydrogen-bond donors (Lipinski definition) is 2. The molecule has 1 aromatic rings. The van der Waals surface area contributed by atoms with Gasteiger partial charge in [-0.3, -0.25) is 15.3 Å². The molecule has 0 amide bonds. The van der Waals surface area contributed by atoms with Gasteiger partial charge in [-0.15, -0.1) is 0 Å². The lowest BCUT2D eigenvalue weighted by Gasteiger charge is -2.21. The van der Waals surface area contributed by atoms with E-state index in [1.165, 1.54) is 37.8 Å². The summed E-state index contributed by atoms with van der Waals surface area (Å²) in [5, 5.41) is 7.42. The van der Waals surface area contributed by atoms with Crippen LogP contribution in [0.1, 0.15) is 43.9 Å². The van der Waals surface area contributed by atoms with Gasteiger partial charge in [0.1, 0.15) is 11.5 Å². The van der Waals surface area contributed by atoms with Crippen molar-refractivity contribution in [1.82, 2.24) is 9.88 Å². The monoisotopic (exact) mass is 246 g/mol. The van der Waals surface area contributed by atoms with Gasteiger partial charge in [-0.1, -0.05) is 13.3 Å². The molecule has 1 aliphatic carbocycles. The minimum Gasteiger partial charge on any atom is -0.382 e. The molecule has 1 saturated carbocycles. The van der Waals surface area contributed by atoms with Gasteiger partial charge < -0.3 is 5.73 Å². The summed E-state index contributed by atoms with van der Waals surface area (Å²) in [6.07, 6.45) is 6.89. The van der Waals surface area contributed by atoms with E-state index >= 15 is 0 Å². The molecular weight excluding hydrogens is 224 g/mol. The van der Waals surface area contributed by atoms with Crippen LogP contribution in [0.2, 0.25) is 0 Å². The second kappa shape index (κ2) is 5.96. The molecule has 0 saturated heterocycles. The van der Waals surface area contributed by atoms with Crippen molar-refractivity contribution in [1.29, 1.82) is 5.41 Å². The van der Waals surface area contributed by atoms with Crippen LogP contribution >= 0.6 is 0 Å². The SMILES string of the molecule is CCCCN(Cc1ccnc(C(=N)N)c1)C1CC1. The molecule has 0 atom stereocenters. The van der Waals surface area contributed by atoms with Crippen molar-refractivity contribution < 1.29 is 0 Å². The molecule has 1 aliphatic rings. The maximum absolute atomic E-state index is 7.42. The van der Waals surface area contributed by atoms with Gasteiger partial charge in [0.05, 0.1) is 0 Å². The zero-order valence-corrected chi connectivity index (χ0v) is 11.0. The van der Waals surface area contributed by atoms with E-state index in [-0.39, 0.29) is 5.84 Å². The van der Waals surface area contributed by atoms with Crippen molar-refractivity contribution in [3.8, 4) is 0 Å². The molecule has 98 valence electrons. The summed E-state index contributed by atoms with van der Waals surface area (Å²) in [5.41, 5.74) is 7.26. The van der Waals surface area contributed by atoms with Gasteiger partial charge in [0, 0.05) is 18.8 Å². The van der Waals surface area contributed by atoms with Gasteiger partial charge in [0.15, 0.2) is 0 Å². The number of aromatic nitrogens is 1. The fourth-order valence-electron chi connectivity index (χ4n) is 2.15. The van der Waals surface area contributed by atoms with Crippen LogP contribution in [0.4, 0.5) is 0 Å². The predicted octanol–water partition coefficient (Wildman–Crippen LogP) is 2.13. The van der Waals surface area contributed by atoms with Crippen molar-refractivity contribution in [2.24, 2.45) is 5.73 Å². The summed E-state index contributed by atoms with van der Waals surface area (Å²) < 4.78 is 0. The van der Waals surface area contributed by atoms with Gasteiger partial charge in [-0.2, -0.15) is 0 Å². The van der Waals surface area contributed by atoms with Crippen LogP contribution < -0.4 is 5.73 Å². The third-order valence-corrected chi connectivity index (χ3v) is 3.35. The normalized spacial score (nSPS) is 15.0. The maximum Gasteiger partial charge on any atom is 0.141 e. The highest BCUT2D eigenvalue weighted by atomic mass is 15.2. The number of pyridine rings is 1. The van der Waals surface area contributed by atoms with E-state index in [4.69, 9.17) is 11.1 Å². The Labute approximate surface area is 109 Å². The molecule has 1 aromatic heterocycles. The number of nitrogens with one attached hydrogen (secondary N) is 1.